The molecule has 1 aliphatic rings. The van der Waals surface area contributed by atoms with Gasteiger partial charge in [0.25, 0.3) is 11.6 Å². The number of benzene rings is 1. The molecule has 1 aromatic heterocycles. The van der Waals surface area contributed by atoms with Gasteiger partial charge in [0.15, 0.2) is 0 Å². The number of thioether (sulfide) groups is 1. The van der Waals surface area contributed by atoms with E-state index in [4.69, 9.17) is 0 Å². The van der Waals surface area contributed by atoms with Crippen LogP contribution in [0.15, 0.2) is 47.5 Å². The number of nitro groups is 1. The lowest BCUT2D eigenvalue weighted by Crippen LogP contribution is -2.49. The number of piperazine rings is 1. The molecule has 25 heavy (non-hydrogen) atoms. The zero-order valence-corrected chi connectivity index (χ0v) is 14.6. The van der Waals surface area contributed by atoms with Crippen LogP contribution in [0.2, 0.25) is 0 Å². The molecule has 1 saturated heterocycles. The summed E-state index contributed by atoms with van der Waals surface area (Å²) < 4.78 is 0. The first-order valence-corrected chi connectivity index (χ1v) is 9.10. The Labute approximate surface area is 149 Å². The van der Waals surface area contributed by atoms with Gasteiger partial charge in [-0.25, -0.2) is 4.98 Å². The Bertz CT molecular complexity index is 777. The first kappa shape index (κ1) is 17.2. The van der Waals surface area contributed by atoms with Crippen LogP contribution in [0.1, 0.15) is 10.4 Å². The summed E-state index contributed by atoms with van der Waals surface area (Å²) in [6.45, 7) is 2.32. The molecule has 7 nitrogen and oxygen atoms in total. The lowest BCUT2D eigenvalue weighted by atomic mass is 10.1. The second kappa shape index (κ2) is 7.52. The van der Waals surface area contributed by atoms with Crippen LogP contribution >= 0.6 is 11.8 Å². The number of pyridine rings is 1. The highest BCUT2D eigenvalue weighted by atomic mass is 32.2. The first-order chi connectivity index (χ1) is 12.1. The number of nitrogens with zero attached hydrogens (tertiary/aromatic N) is 4. The summed E-state index contributed by atoms with van der Waals surface area (Å²) >= 11 is 1.46. The number of rotatable bonds is 4. The smallest absolute Gasteiger partial charge is 0.282 e. The Morgan fingerprint density at radius 3 is 2.56 bits per heavy atom. The van der Waals surface area contributed by atoms with E-state index in [0.29, 0.717) is 26.2 Å². The van der Waals surface area contributed by atoms with Crippen molar-refractivity contribution in [3.05, 3.63) is 58.3 Å². The topological polar surface area (TPSA) is 79.6 Å². The average Bonchev–Trinajstić information content (AvgIpc) is 2.67. The molecule has 0 unspecified atom stereocenters. The Balaban J connectivity index is 1.75. The summed E-state index contributed by atoms with van der Waals surface area (Å²) in [6.07, 6.45) is 3.62. The van der Waals surface area contributed by atoms with Crippen LogP contribution in [0.5, 0.6) is 0 Å². The van der Waals surface area contributed by atoms with Gasteiger partial charge in [-0.15, -0.1) is 11.8 Å². The van der Waals surface area contributed by atoms with E-state index in [2.05, 4.69) is 9.88 Å². The maximum atomic E-state index is 12.8. The molecule has 2 heterocycles. The van der Waals surface area contributed by atoms with Crippen molar-refractivity contribution < 1.29 is 9.72 Å². The second-order valence-corrected chi connectivity index (χ2v) is 6.49. The van der Waals surface area contributed by atoms with E-state index < -0.39 is 4.92 Å². The van der Waals surface area contributed by atoms with Gasteiger partial charge in [0, 0.05) is 43.3 Å². The van der Waals surface area contributed by atoms with Crippen LogP contribution in [-0.2, 0) is 0 Å². The summed E-state index contributed by atoms with van der Waals surface area (Å²) in [5, 5.41) is 11.3. The molecule has 3 rings (SSSR count). The minimum atomic E-state index is -0.499. The average molecular weight is 358 g/mol. The van der Waals surface area contributed by atoms with Crippen molar-refractivity contribution in [1.29, 1.82) is 0 Å². The van der Waals surface area contributed by atoms with Crippen molar-refractivity contribution in [2.75, 3.05) is 37.3 Å². The molecule has 8 heteroatoms. The number of aromatic nitrogens is 1. The minimum Gasteiger partial charge on any atom is -0.353 e. The number of hydrogen-bond donors (Lipinski definition) is 0. The summed E-state index contributed by atoms with van der Waals surface area (Å²) in [7, 11) is 0. The Morgan fingerprint density at radius 1 is 1.20 bits per heavy atom. The van der Waals surface area contributed by atoms with Gasteiger partial charge in [0.2, 0.25) is 0 Å². The number of anilines is 1. The highest BCUT2D eigenvalue weighted by Gasteiger charge is 2.28. The molecule has 0 aliphatic carbocycles. The largest absolute Gasteiger partial charge is 0.353 e. The van der Waals surface area contributed by atoms with E-state index in [9.17, 15) is 14.9 Å². The highest BCUT2D eigenvalue weighted by molar-refractivity contribution is 7.98. The van der Waals surface area contributed by atoms with Crippen molar-refractivity contribution >= 4 is 29.2 Å². The molecule has 1 amide bonds. The molecule has 0 spiro atoms. The molecule has 0 bridgehead atoms. The second-order valence-electron chi connectivity index (χ2n) is 5.61. The molecular formula is C17H18N4O3S. The number of carbonyl (C=O) groups is 1. The van der Waals surface area contributed by atoms with Crippen LogP contribution in [0.25, 0.3) is 0 Å². The fraction of sp³-hybridized carbons (Fsp3) is 0.294. The van der Waals surface area contributed by atoms with Crippen LogP contribution in [0.3, 0.4) is 0 Å². The summed E-state index contributed by atoms with van der Waals surface area (Å²) in [4.78, 5) is 32.5. The van der Waals surface area contributed by atoms with E-state index in [1.165, 1.54) is 17.8 Å². The molecule has 0 radical (unpaired) electrons. The quantitative estimate of drug-likeness (QED) is 0.475. The zero-order chi connectivity index (χ0) is 17.8. The molecular weight excluding hydrogens is 340 g/mol. The molecule has 1 fully saturated rings. The Morgan fingerprint density at radius 2 is 1.96 bits per heavy atom. The number of hydrogen-bond acceptors (Lipinski definition) is 6. The van der Waals surface area contributed by atoms with E-state index >= 15 is 0 Å². The number of nitro benzene ring substituents is 1. The van der Waals surface area contributed by atoms with E-state index in [1.807, 2.05) is 24.5 Å². The standard InChI is InChI=1S/C17H18N4O3S/c1-25-13-5-6-15(21(23)24)14(12-13)17(22)20-10-8-19(9-11-20)16-4-2-3-7-18-16/h2-7,12H,8-11H2,1H3. The third-order valence-corrected chi connectivity index (χ3v) is 4.90. The predicted octanol–water partition coefficient (Wildman–Crippen LogP) is 2.67. The zero-order valence-electron chi connectivity index (χ0n) is 13.8. The normalized spacial score (nSPS) is 14.4. The van der Waals surface area contributed by atoms with Crippen LogP contribution in [0.4, 0.5) is 11.5 Å². The van der Waals surface area contributed by atoms with Crippen LogP contribution in [0, 0.1) is 10.1 Å². The lowest BCUT2D eigenvalue weighted by Gasteiger charge is -2.35. The lowest BCUT2D eigenvalue weighted by molar-refractivity contribution is -0.385. The Hall–Kier alpha value is -2.61. The molecule has 130 valence electrons. The van der Waals surface area contributed by atoms with Gasteiger partial charge in [-0.1, -0.05) is 6.07 Å². The van der Waals surface area contributed by atoms with E-state index in [1.54, 1.807) is 23.2 Å². The highest BCUT2D eigenvalue weighted by Crippen LogP contribution is 2.26. The summed E-state index contributed by atoms with van der Waals surface area (Å²) in [6, 6.07) is 10.4. The Kier molecular flexibility index (Phi) is 5.18. The fourth-order valence-corrected chi connectivity index (χ4v) is 3.26. The monoisotopic (exact) mass is 358 g/mol. The summed E-state index contributed by atoms with van der Waals surface area (Å²) in [5.74, 6) is 0.591. The third-order valence-electron chi connectivity index (χ3n) is 4.17. The van der Waals surface area contributed by atoms with Crippen molar-refractivity contribution in [2.45, 2.75) is 4.90 Å². The van der Waals surface area contributed by atoms with Crippen molar-refractivity contribution in [3.8, 4) is 0 Å². The minimum absolute atomic E-state index is 0.144. The maximum Gasteiger partial charge on any atom is 0.282 e. The fourth-order valence-electron chi connectivity index (χ4n) is 2.82. The van der Waals surface area contributed by atoms with Gasteiger partial charge in [0.1, 0.15) is 11.4 Å². The molecule has 0 saturated carbocycles. The van der Waals surface area contributed by atoms with Crippen LogP contribution < -0.4 is 4.90 Å². The maximum absolute atomic E-state index is 12.8. The van der Waals surface area contributed by atoms with E-state index in [0.717, 1.165) is 10.7 Å². The molecule has 2 aromatic rings. The van der Waals surface area contributed by atoms with Gasteiger partial charge in [-0.05, 0) is 30.5 Å². The van der Waals surface area contributed by atoms with Gasteiger partial charge < -0.3 is 9.80 Å². The molecule has 1 aliphatic heterocycles. The molecule has 0 atom stereocenters. The van der Waals surface area contributed by atoms with Crippen LogP contribution in [-0.4, -0.2) is 53.1 Å². The van der Waals surface area contributed by atoms with E-state index in [-0.39, 0.29) is 17.2 Å². The van der Waals surface area contributed by atoms with Crippen molar-refractivity contribution in [2.24, 2.45) is 0 Å². The van der Waals surface area contributed by atoms with Gasteiger partial charge in [0.05, 0.1) is 4.92 Å². The molecule has 0 N–H and O–H groups in total. The van der Waals surface area contributed by atoms with Gasteiger partial charge in [-0.2, -0.15) is 0 Å². The van der Waals surface area contributed by atoms with Crippen molar-refractivity contribution in [3.63, 3.8) is 0 Å². The van der Waals surface area contributed by atoms with Gasteiger partial charge in [-0.3, -0.25) is 14.9 Å². The van der Waals surface area contributed by atoms with Gasteiger partial charge >= 0.3 is 0 Å². The first-order valence-electron chi connectivity index (χ1n) is 7.88. The molecule has 1 aromatic carbocycles. The predicted molar refractivity (Wildman–Crippen MR) is 97.2 cm³/mol. The number of carbonyl (C=O) groups excluding carboxylic acids is 1. The SMILES string of the molecule is CSc1ccc([N+](=O)[O-])c(C(=O)N2CCN(c3ccccn3)CC2)c1. The third kappa shape index (κ3) is 3.74. The van der Waals surface area contributed by atoms with Crippen molar-refractivity contribution in [1.82, 2.24) is 9.88 Å². The number of amides is 1. The summed E-state index contributed by atoms with van der Waals surface area (Å²) in [5.41, 5.74) is 0.0121.